The molecular formula is C31H41N5O3. The van der Waals surface area contributed by atoms with Crippen LogP contribution in [-0.2, 0) is 15.0 Å². The van der Waals surface area contributed by atoms with Crippen molar-refractivity contribution in [1.82, 2.24) is 15.2 Å². The van der Waals surface area contributed by atoms with Gasteiger partial charge < -0.3 is 10.4 Å². The average molecular weight is 532 g/mol. The molecule has 8 nitrogen and oxygen atoms in total. The number of likely N-dealkylation sites (tertiary alicyclic amines) is 1. The number of nitrogens with one attached hydrogen (secondary N) is 1. The highest BCUT2D eigenvalue weighted by Crippen LogP contribution is 2.35. The quantitative estimate of drug-likeness (QED) is 0.534. The van der Waals surface area contributed by atoms with Crippen molar-refractivity contribution in [2.75, 3.05) is 11.4 Å². The summed E-state index contributed by atoms with van der Waals surface area (Å²) in [6.07, 6.45) is 8.23. The van der Waals surface area contributed by atoms with E-state index >= 15 is 0 Å². The first-order valence-corrected chi connectivity index (χ1v) is 14.0. The van der Waals surface area contributed by atoms with Gasteiger partial charge in [0.25, 0.3) is 5.91 Å². The monoisotopic (exact) mass is 531 g/mol. The Morgan fingerprint density at radius 3 is 2.38 bits per heavy atom. The lowest BCUT2D eigenvalue weighted by Crippen LogP contribution is -2.52. The van der Waals surface area contributed by atoms with Gasteiger partial charge in [0.1, 0.15) is 12.1 Å². The number of aryl methyl sites for hydroxylation is 2. The van der Waals surface area contributed by atoms with E-state index in [1.54, 1.807) is 6.20 Å². The largest absolute Gasteiger partial charge is 0.391 e. The third kappa shape index (κ3) is 6.25. The zero-order valence-electron chi connectivity index (χ0n) is 23.8. The van der Waals surface area contributed by atoms with E-state index in [9.17, 15) is 20.0 Å². The Labute approximate surface area is 232 Å². The van der Waals surface area contributed by atoms with Crippen LogP contribution in [0.15, 0.2) is 36.5 Å². The highest BCUT2D eigenvalue weighted by Gasteiger charge is 2.43. The van der Waals surface area contributed by atoms with Crippen LogP contribution in [-0.4, -0.2) is 51.5 Å². The maximum absolute atomic E-state index is 14.4. The van der Waals surface area contributed by atoms with Crippen LogP contribution in [0, 0.1) is 25.3 Å². The minimum Gasteiger partial charge on any atom is -0.391 e. The number of β-amino-alcohol motifs (C(OH)–C–C–N with tert-alkyl or cyclic N) is 1. The maximum atomic E-state index is 14.4. The van der Waals surface area contributed by atoms with Crippen LogP contribution in [0.3, 0.4) is 0 Å². The van der Waals surface area contributed by atoms with Gasteiger partial charge in [0.05, 0.1) is 12.6 Å². The molecule has 2 heterocycles. The summed E-state index contributed by atoms with van der Waals surface area (Å²) in [5, 5.41) is 23.3. The van der Waals surface area contributed by atoms with Gasteiger partial charge in [-0.25, -0.2) is 0 Å². The molecule has 4 rings (SSSR count). The molecule has 3 unspecified atom stereocenters. The van der Waals surface area contributed by atoms with E-state index in [0.29, 0.717) is 16.9 Å². The normalized spacial score (nSPS) is 20.8. The maximum Gasteiger partial charge on any atom is 0.251 e. The zero-order chi connectivity index (χ0) is 28.3. The molecule has 2 fully saturated rings. The topological polar surface area (TPSA) is 110 Å². The molecule has 1 saturated heterocycles. The molecule has 8 heteroatoms. The number of nitrogens with zero attached hydrogens (tertiary/aromatic N) is 4. The van der Waals surface area contributed by atoms with Crippen LogP contribution in [0.1, 0.15) is 87.7 Å². The second kappa shape index (κ2) is 11.7. The summed E-state index contributed by atoms with van der Waals surface area (Å²) in [5.74, 6) is -0.639. The standard InChI is InChI=1S/C31H41N5O3/c1-20-15-16-33-21(2)27(20)28(29(38)34-23-9-7-6-8-10-23)36(24-13-11-22(12-14-24)31(3,4)5)30(39)26-17-25(37)18-35(26)19-32/h11-16,23,25-26,28,37H,6-10,17-18H2,1-5H3,(H,34,38). The highest BCUT2D eigenvalue weighted by atomic mass is 16.3. The molecule has 1 saturated carbocycles. The number of anilines is 1. The molecule has 0 spiro atoms. The van der Waals surface area contributed by atoms with Crippen LogP contribution in [0.25, 0.3) is 0 Å². The van der Waals surface area contributed by atoms with Gasteiger partial charge in [-0.3, -0.25) is 24.4 Å². The van der Waals surface area contributed by atoms with Crippen molar-refractivity contribution >= 4 is 17.5 Å². The third-order valence-corrected chi connectivity index (χ3v) is 8.08. The van der Waals surface area contributed by atoms with E-state index in [1.165, 1.54) is 9.80 Å². The van der Waals surface area contributed by atoms with E-state index in [4.69, 9.17) is 0 Å². The Morgan fingerprint density at radius 1 is 1.13 bits per heavy atom. The van der Waals surface area contributed by atoms with E-state index in [0.717, 1.165) is 43.2 Å². The molecule has 1 aliphatic carbocycles. The number of carbonyl (C=O) groups is 2. The number of pyridine rings is 1. The van der Waals surface area contributed by atoms with Gasteiger partial charge >= 0.3 is 0 Å². The second-order valence-corrected chi connectivity index (χ2v) is 12.0. The van der Waals surface area contributed by atoms with Gasteiger partial charge in [0.2, 0.25) is 5.91 Å². The summed E-state index contributed by atoms with van der Waals surface area (Å²) in [6, 6.07) is 7.79. The van der Waals surface area contributed by atoms with Crippen molar-refractivity contribution < 1.29 is 14.7 Å². The number of benzene rings is 1. The predicted octanol–water partition coefficient (Wildman–Crippen LogP) is 4.44. The molecule has 2 aromatic rings. The number of hydrogen-bond donors (Lipinski definition) is 2. The van der Waals surface area contributed by atoms with Gasteiger partial charge in [0.15, 0.2) is 6.19 Å². The Kier molecular flexibility index (Phi) is 8.60. The Hall–Kier alpha value is -3.44. The summed E-state index contributed by atoms with van der Waals surface area (Å²) in [7, 11) is 0. The average Bonchev–Trinajstić information content (AvgIpc) is 3.28. The summed E-state index contributed by atoms with van der Waals surface area (Å²) in [4.78, 5) is 36.0. The van der Waals surface area contributed by atoms with Gasteiger partial charge in [-0.2, -0.15) is 5.26 Å². The lowest BCUT2D eigenvalue weighted by molar-refractivity contribution is -0.128. The summed E-state index contributed by atoms with van der Waals surface area (Å²) >= 11 is 0. The van der Waals surface area contributed by atoms with Gasteiger partial charge in [-0.1, -0.05) is 52.2 Å². The van der Waals surface area contributed by atoms with Crippen molar-refractivity contribution in [3.05, 3.63) is 58.9 Å². The number of hydrogen-bond acceptors (Lipinski definition) is 6. The number of nitriles is 1. The molecule has 1 aromatic carbocycles. The van der Waals surface area contributed by atoms with Crippen LogP contribution < -0.4 is 10.2 Å². The number of aliphatic hydroxyl groups is 1. The fourth-order valence-electron chi connectivity index (χ4n) is 5.87. The molecule has 0 bridgehead atoms. The molecule has 1 aliphatic heterocycles. The van der Waals surface area contributed by atoms with Crippen LogP contribution in [0.2, 0.25) is 0 Å². The summed E-state index contributed by atoms with van der Waals surface area (Å²) < 4.78 is 0. The molecule has 208 valence electrons. The van der Waals surface area contributed by atoms with Crippen molar-refractivity contribution in [3.63, 3.8) is 0 Å². The molecule has 2 aliphatic rings. The predicted molar refractivity (Wildman–Crippen MR) is 151 cm³/mol. The molecule has 0 radical (unpaired) electrons. The van der Waals surface area contributed by atoms with Gasteiger partial charge in [-0.05, 0) is 61.4 Å². The number of rotatable bonds is 6. The molecule has 2 N–H and O–H groups in total. The fourth-order valence-corrected chi connectivity index (χ4v) is 5.87. The number of aliphatic hydroxyl groups excluding tert-OH is 1. The Morgan fingerprint density at radius 2 is 1.79 bits per heavy atom. The first kappa shape index (κ1) is 28.6. The Bertz CT molecular complexity index is 1200. The summed E-state index contributed by atoms with van der Waals surface area (Å²) in [6.45, 7) is 10.2. The second-order valence-electron chi connectivity index (χ2n) is 12.0. The van der Waals surface area contributed by atoms with Gasteiger partial charge in [-0.15, -0.1) is 0 Å². The van der Waals surface area contributed by atoms with Crippen LogP contribution >= 0.6 is 0 Å². The highest BCUT2D eigenvalue weighted by molar-refractivity contribution is 6.04. The molecule has 1 aromatic heterocycles. The van der Waals surface area contributed by atoms with Crippen molar-refractivity contribution in [3.8, 4) is 6.19 Å². The number of aromatic nitrogens is 1. The number of carbonyl (C=O) groups excluding carboxylic acids is 2. The molecular weight excluding hydrogens is 490 g/mol. The first-order valence-electron chi connectivity index (χ1n) is 14.0. The van der Waals surface area contributed by atoms with Crippen molar-refractivity contribution in [1.29, 1.82) is 5.26 Å². The van der Waals surface area contributed by atoms with Crippen LogP contribution in [0.5, 0.6) is 0 Å². The molecule has 3 atom stereocenters. The molecule has 39 heavy (non-hydrogen) atoms. The van der Waals surface area contributed by atoms with E-state index in [2.05, 4.69) is 37.3 Å². The Balaban J connectivity index is 1.86. The van der Waals surface area contributed by atoms with Crippen molar-refractivity contribution in [2.45, 2.75) is 103 Å². The first-order chi connectivity index (χ1) is 18.5. The minimum atomic E-state index is -0.980. The van der Waals surface area contributed by atoms with E-state index in [1.807, 2.05) is 44.2 Å². The summed E-state index contributed by atoms with van der Waals surface area (Å²) in [5.41, 5.74) is 3.80. The lowest BCUT2D eigenvalue weighted by atomic mass is 9.87. The van der Waals surface area contributed by atoms with E-state index in [-0.39, 0.29) is 36.2 Å². The SMILES string of the molecule is Cc1ccnc(C)c1C(C(=O)NC1CCCCC1)N(C(=O)C1CC(O)CN1C#N)c1ccc(C(C)(C)C)cc1. The van der Waals surface area contributed by atoms with Gasteiger partial charge in [0, 0.05) is 35.6 Å². The van der Waals surface area contributed by atoms with Crippen molar-refractivity contribution in [2.24, 2.45) is 0 Å². The fraction of sp³-hybridized carbons (Fsp3) is 0.548. The smallest absolute Gasteiger partial charge is 0.251 e. The third-order valence-electron chi connectivity index (χ3n) is 8.08. The van der Waals surface area contributed by atoms with Crippen LogP contribution in [0.4, 0.5) is 5.69 Å². The zero-order valence-corrected chi connectivity index (χ0v) is 23.8. The number of amides is 2. The van der Waals surface area contributed by atoms with E-state index < -0.39 is 18.2 Å². The molecule has 2 amide bonds. The minimum absolute atomic E-state index is 0.0511. The lowest BCUT2D eigenvalue weighted by Gasteiger charge is -2.36.